The average molecular weight is 257 g/mol. The van der Waals surface area contributed by atoms with E-state index in [9.17, 15) is 0 Å². The summed E-state index contributed by atoms with van der Waals surface area (Å²) in [5, 5.41) is 18.3. The van der Waals surface area contributed by atoms with E-state index in [0.29, 0.717) is 29.9 Å². The topological polar surface area (TPSA) is 60.1 Å². The van der Waals surface area contributed by atoms with Gasteiger partial charge in [0.15, 0.2) is 0 Å². The summed E-state index contributed by atoms with van der Waals surface area (Å²) in [6.45, 7) is 5.39. The molecule has 1 aromatic heterocycles. The van der Waals surface area contributed by atoms with Crippen LogP contribution in [0.3, 0.4) is 0 Å². The first-order valence-corrected chi connectivity index (χ1v) is 6.98. The molecule has 1 aromatic rings. The van der Waals surface area contributed by atoms with Crippen LogP contribution in [0.5, 0.6) is 0 Å². The Labute approximate surface area is 113 Å². The Hall–Kier alpha value is -1.44. The van der Waals surface area contributed by atoms with E-state index in [-0.39, 0.29) is 0 Å². The minimum absolute atomic E-state index is 0.342. The Morgan fingerprint density at radius 3 is 2.79 bits per heavy atom. The van der Waals surface area contributed by atoms with E-state index in [1.807, 2.05) is 19.2 Å². The van der Waals surface area contributed by atoms with E-state index < -0.39 is 0 Å². The molecule has 0 spiro atoms. The fraction of sp³-hybridized carbons (Fsp3) is 0.600. The van der Waals surface area contributed by atoms with Crippen LogP contribution in [0.4, 0.5) is 0 Å². The second-order valence-electron chi connectivity index (χ2n) is 5.67. The van der Waals surface area contributed by atoms with Crippen molar-refractivity contribution in [2.75, 3.05) is 19.7 Å². The van der Waals surface area contributed by atoms with Crippen LogP contribution in [0.25, 0.3) is 0 Å². The van der Waals surface area contributed by atoms with Crippen molar-refractivity contribution in [2.45, 2.75) is 19.9 Å². The first-order chi connectivity index (χ1) is 9.26. The number of hydrogen-bond donors (Lipinski definition) is 1. The predicted molar refractivity (Wildman–Crippen MR) is 71.2 cm³/mol. The van der Waals surface area contributed by atoms with Gasteiger partial charge in [0.2, 0.25) is 0 Å². The van der Waals surface area contributed by atoms with Gasteiger partial charge in [0.25, 0.3) is 0 Å². The van der Waals surface area contributed by atoms with Gasteiger partial charge in [-0.15, -0.1) is 0 Å². The molecule has 2 fully saturated rings. The van der Waals surface area contributed by atoms with Crippen molar-refractivity contribution in [1.82, 2.24) is 9.88 Å². The number of nitriles is 1. The zero-order valence-corrected chi connectivity index (χ0v) is 11.2. The Balaban J connectivity index is 1.64. The minimum atomic E-state index is 0.342. The minimum Gasteiger partial charge on any atom is -0.396 e. The van der Waals surface area contributed by atoms with Crippen molar-refractivity contribution in [3.05, 3.63) is 29.1 Å². The molecule has 1 N–H and O–H groups in total. The average Bonchev–Trinajstić information content (AvgIpc) is 2.92. The molecular formula is C15H19N3O. The lowest BCUT2D eigenvalue weighted by atomic mass is 10.1. The largest absolute Gasteiger partial charge is 0.396 e. The number of aliphatic hydroxyl groups is 1. The highest BCUT2D eigenvalue weighted by molar-refractivity contribution is 5.36. The molecule has 0 amide bonds. The molecule has 0 radical (unpaired) electrons. The van der Waals surface area contributed by atoms with E-state index >= 15 is 0 Å². The lowest BCUT2D eigenvalue weighted by Crippen LogP contribution is -2.24. The van der Waals surface area contributed by atoms with Crippen molar-refractivity contribution >= 4 is 0 Å². The van der Waals surface area contributed by atoms with Crippen LogP contribution in [-0.2, 0) is 13.0 Å². The quantitative estimate of drug-likeness (QED) is 0.880. The van der Waals surface area contributed by atoms with E-state index in [0.717, 1.165) is 37.3 Å². The summed E-state index contributed by atoms with van der Waals surface area (Å²) >= 11 is 0. The molecule has 2 heterocycles. The number of aromatic nitrogens is 1. The Morgan fingerprint density at radius 1 is 1.47 bits per heavy atom. The van der Waals surface area contributed by atoms with Crippen molar-refractivity contribution in [1.29, 1.82) is 5.26 Å². The summed E-state index contributed by atoms with van der Waals surface area (Å²) in [4.78, 5) is 6.79. The van der Waals surface area contributed by atoms with Crippen LogP contribution in [-0.4, -0.2) is 34.7 Å². The van der Waals surface area contributed by atoms with Crippen LogP contribution in [0, 0.1) is 29.1 Å². The number of aliphatic hydroxyl groups excluding tert-OH is 1. The predicted octanol–water partition coefficient (Wildman–Crippen LogP) is 1.19. The molecule has 4 nitrogen and oxygen atoms in total. The second-order valence-corrected chi connectivity index (χ2v) is 5.67. The third-order valence-corrected chi connectivity index (χ3v) is 4.55. The lowest BCUT2D eigenvalue weighted by Gasteiger charge is -2.19. The summed E-state index contributed by atoms with van der Waals surface area (Å²) in [5.74, 6) is 1.94. The number of rotatable bonds is 4. The van der Waals surface area contributed by atoms with Gasteiger partial charge in [-0.05, 0) is 35.8 Å². The normalized spacial score (nSPS) is 29.0. The number of likely N-dealkylation sites (tertiary alicyclic amines) is 1. The molecule has 1 aliphatic carbocycles. The van der Waals surface area contributed by atoms with Gasteiger partial charge in [-0.2, -0.15) is 5.26 Å². The van der Waals surface area contributed by atoms with Gasteiger partial charge in [-0.3, -0.25) is 9.88 Å². The van der Waals surface area contributed by atoms with Crippen LogP contribution in [0.2, 0.25) is 0 Å². The second kappa shape index (κ2) is 4.92. The smallest absolute Gasteiger partial charge is 0.101 e. The molecular weight excluding hydrogens is 238 g/mol. The maximum atomic E-state index is 9.15. The van der Waals surface area contributed by atoms with E-state index in [2.05, 4.69) is 16.0 Å². The first kappa shape index (κ1) is 12.6. The Kier molecular flexibility index (Phi) is 3.26. The number of nitrogens with zero attached hydrogens (tertiary/aromatic N) is 3. The number of pyridine rings is 1. The van der Waals surface area contributed by atoms with Gasteiger partial charge in [0, 0.05) is 32.4 Å². The highest BCUT2D eigenvalue weighted by atomic mass is 16.3. The molecule has 3 atom stereocenters. The van der Waals surface area contributed by atoms with Crippen molar-refractivity contribution < 1.29 is 5.11 Å². The van der Waals surface area contributed by atoms with Gasteiger partial charge >= 0.3 is 0 Å². The summed E-state index contributed by atoms with van der Waals surface area (Å²) < 4.78 is 0. The molecule has 4 heteroatoms. The lowest BCUT2D eigenvalue weighted by molar-refractivity contribution is 0.217. The van der Waals surface area contributed by atoms with E-state index in [1.54, 1.807) is 0 Å². The van der Waals surface area contributed by atoms with Crippen LogP contribution in [0.1, 0.15) is 23.7 Å². The molecule has 0 aromatic carbocycles. The molecule has 0 bridgehead atoms. The highest BCUT2D eigenvalue weighted by Crippen LogP contribution is 2.51. The summed E-state index contributed by atoms with van der Waals surface area (Å²) in [5.41, 5.74) is 2.71. The molecule has 1 saturated heterocycles. The van der Waals surface area contributed by atoms with Gasteiger partial charge in [0.1, 0.15) is 6.07 Å². The molecule has 2 aliphatic rings. The third-order valence-electron chi connectivity index (χ3n) is 4.55. The van der Waals surface area contributed by atoms with E-state index in [1.165, 1.54) is 0 Å². The molecule has 100 valence electrons. The Morgan fingerprint density at radius 2 is 2.21 bits per heavy atom. The van der Waals surface area contributed by atoms with Crippen molar-refractivity contribution in [3.8, 4) is 6.07 Å². The van der Waals surface area contributed by atoms with Gasteiger partial charge < -0.3 is 5.11 Å². The SMILES string of the molecule is CCc1ncc(CN2C[C@@H]3C(CO)[C@@H]3C2)cc1C#N. The Bertz CT molecular complexity index is 511. The van der Waals surface area contributed by atoms with E-state index in [4.69, 9.17) is 10.4 Å². The molecule has 1 saturated carbocycles. The number of fused-ring (bicyclic) bond motifs is 1. The standard InChI is InChI=1S/C15H19N3O/c1-2-15-11(4-16)3-10(5-17-15)6-18-7-12-13(8-18)14(12)9-19/h3,5,12-14,19H,2,6-9H2,1H3/t12-,13+,14?. The summed E-state index contributed by atoms with van der Waals surface area (Å²) in [6, 6.07) is 4.20. The van der Waals surface area contributed by atoms with Crippen LogP contribution >= 0.6 is 0 Å². The summed E-state index contributed by atoms with van der Waals surface area (Å²) in [7, 11) is 0. The van der Waals surface area contributed by atoms with Crippen molar-refractivity contribution in [3.63, 3.8) is 0 Å². The van der Waals surface area contributed by atoms with Gasteiger partial charge in [0.05, 0.1) is 11.3 Å². The molecule has 1 aliphatic heterocycles. The maximum absolute atomic E-state index is 9.15. The van der Waals surface area contributed by atoms with Gasteiger partial charge in [-0.1, -0.05) is 6.92 Å². The van der Waals surface area contributed by atoms with Crippen LogP contribution < -0.4 is 0 Å². The third kappa shape index (κ3) is 2.24. The number of aryl methyl sites for hydroxylation is 1. The molecule has 1 unspecified atom stereocenters. The highest BCUT2D eigenvalue weighted by Gasteiger charge is 2.54. The maximum Gasteiger partial charge on any atom is 0.101 e. The van der Waals surface area contributed by atoms with Crippen molar-refractivity contribution in [2.24, 2.45) is 17.8 Å². The zero-order chi connectivity index (χ0) is 13.4. The number of hydrogen-bond acceptors (Lipinski definition) is 4. The van der Waals surface area contributed by atoms with Crippen LogP contribution in [0.15, 0.2) is 12.3 Å². The fourth-order valence-electron chi connectivity index (χ4n) is 3.40. The van der Waals surface area contributed by atoms with Gasteiger partial charge in [-0.25, -0.2) is 0 Å². The first-order valence-electron chi connectivity index (χ1n) is 6.98. The number of piperidine rings is 1. The fourth-order valence-corrected chi connectivity index (χ4v) is 3.40. The zero-order valence-electron chi connectivity index (χ0n) is 11.2. The molecule has 3 rings (SSSR count). The monoisotopic (exact) mass is 257 g/mol. The summed E-state index contributed by atoms with van der Waals surface area (Å²) in [6.07, 6.45) is 2.70. The molecule has 19 heavy (non-hydrogen) atoms.